The van der Waals surface area contributed by atoms with Gasteiger partial charge >= 0.3 is 6.03 Å². The molecule has 0 saturated carbocycles. The first-order valence-electron chi connectivity index (χ1n) is 8.31. The van der Waals surface area contributed by atoms with Gasteiger partial charge in [-0.15, -0.1) is 0 Å². The zero-order valence-electron chi connectivity index (χ0n) is 14.9. The first kappa shape index (κ1) is 18.8. The van der Waals surface area contributed by atoms with Crippen molar-refractivity contribution >= 4 is 6.03 Å². The van der Waals surface area contributed by atoms with Crippen LogP contribution in [0.5, 0.6) is 5.75 Å². The van der Waals surface area contributed by atoms with Crippen molar-refractivity contribution < 1.29 is 13.9 Å². The van der Waals surface area contributed by atoms with E-state index in [0.717, 1.165) is 23.3 Å². The summed E-state index contributed by atoms with van der Waals surface area (Å²) in [6.07, 6.45) is 0.728. The summed E-state index contributed by atoms with van der Waals surface area (Å²) in [5.74, 6) is 0.547. The third-order valence-corrected chi connectivity index (χ3v) is 4.15. The molecule has 2 N–H and O–H groups in total. The van der Waals surface area contributed by atoms with Crippen LogP contribution in [0.3, 0.4) is 0 Å². The van der Waals surface area contributed by atoms with E-state index in [4.69, 9.17) is 4.74 Å². The molecule has 0 bridgehead atoms. The predicted octanol–water partition coefficient (Wildman–Crippen LogP) is 3.65. The monoisotopic (exact) mass is 344 g/mol. The normalized spacial score (nSPS) is 11.0. The second kappa shape index (κ2) is 8.51. The van der Waals surface area contributed by atoms with Crippen molar-refractivity contribution in [3.63, 3.8) is 0 Å². The summed E-state index contributed by atoms with van der Waals surface area (Å²) in [5.41, 5.74) is 1.80. The summed E-state index contributed by atoms with van der Waals surface area (Å²) in [7, 11) is 1.63. The highest BCUT2D eigenvalue weighted by atomic mass is 19.1. The van der Waals surface area contributed by atoms with Crippen LogP contribution < -0.4 is 15.4 Å². The number of urea groups is 1. The number of ether oxygens (including phenoxy) is 1. The van der Waals surface area contributed by atoms with E-state index in [0.29, 0.717) is 13.1 Å². The molecule has 25 heavy (non-hydrogen) atoms. The maximum absolute atomic E-state index is 13.0. The molecule has 2 aromatic rings. The minimum Gasteiger partial charge on any atom is -0.497 e. The fourth-order valence-corrected chi connectivity index (χ4v) is 2.52. The number of methoxy groups -OCH3 is 1. The molecule has 0 aliphatic carbocycles. The van der Waals surface area contributed by atoms with Gasteiger partial charge in [0.25, 0.3) is 0 Å². The quantitative estimate of drug-likeness (QED) is 0.805. The van der Waals surface area contributed by atoms with Crippen LogP contribution >= 0.6 is 0 Å². The van der Waals surface area contributed by atoms with E-state index >= 15 is 0 Å². The lowest BCUT2D eigenvalue weighted by Gasteiger charge is -2.25. The van der Waals surface area contributed by atoms with E-state index in [1.54, 1.807) is 19.2 Å². The Morgan fingerprint density at radius 2 is 1.84 bits per heavy atom. The lowest BCUT2D eigenvalue weighted by Crippen LogP contribution is -2.42. The second-order valence-corrected chi connectivity index (χ2v) is 6.60. The maximum atomic E-state index is 13.0. The van der Waals surface area contributed by atoms with Gasteiger partial charge in [0.2, 0.25) is 0 Å². The highest BCUT2D eigenvalue weighted by molar-refractivity contribution is 5.74. The minimum absolute atomic E-state index is 0.210. The molecule has 0 radical (unpaired) electrons. The minimum atomic E-state index is -0.280. The van der Waals surface area contributed by atoms with Crippen LogP contribution in [-0.2, 0) is 11.8 Å². The van der Waals surface area contributed by atoms with Crippen molar-refractivity contribution in [2.45, 2.75) is 25.7 Å². The van der Waals surface area contributed by atoms with Gasteiger partial charge in [0.1, 0.15) is 11.6 Å². The van der Waals surface area contributed by atoms with E-state index in [2.05, 4.69) is 10.6 Å². The van der Waals surface area contributed by atoms with Crippen molar-refractivity contribution in [3.8, 4) is 5.75 Å². The third kappa shape index (κ3) is 5.78. The van der Waals surface area contributed by atoms with Crippen molar-refractivity contribution in [3.05, 3.63) is 65.5 Å². The molecule has 2 rings (SSSR count). The molecule has 0 spiro atoms. The van der Waals surface area contributed by atoms with Gasteiger partial charge in [-0.25, -0.2) is 9.18 Å². The topological polar surface area (TPSA) is 50.4 Å². The summed E-state index contributed by atoms with van der Waals surface area (Å²) >= 11 is 0. The van der Waals surface area contributed by atoms with Crippen LogP contribution in [-0.4, -0.2) is 26.2 Å². The van der Waals surface area contributed by atoms with Gasteiger partial charge in [-0.3, -0.25) is 0 Å². The Kier molecular flexibility index (Phi) is 6.39. The van der Waals surface area contributed by atoms with E-state index in [9.17, 15) is 9.18 Å². The number of benzene rings is 2. The lowest BCUT2D eigenvalue weighted by molar-refractivity contribution is 0.238. The van der Waals surface area contributed by atoms with Crippen LogP contribution in [0.15, 0.2) is 48.5 Å². The standard InChI is InChI=1S/C20H25FN2O2/c1-20(2,16-7-9-17(21)10-8-16)14-23-19(24)22-12-11-15-5-4-6-18(13-15)25-3/h4-10,13H,11-12,14H2,1-3H3,(H2,22,23,24). The number of nitrogens with one attached hydrogen (secondary N) is 2. The fraction of sp³-hybridized carbons (Fsp3) is 0.350. The number of hydrogen-bond donors (Lipinski definition) is 2. The molecule has 0 unspecified atom stereocenters. The molecular formula is C20H25FN2O2. The van der Waals surface area contributed by atoms with Crippen molar-refractivity contribution in [2.75, 3.05) is 20.2 Å². The van der Waals surface area contributed by atoms with Crippen LogP contribution in [0.2, 0.25) is 0 Å². The Hall–Kier alpha value is -2.56. The molecule has 2 aromatic carbocycles. The first-order valence-corrected chi connectivity index (χ1v) is 8.31. The average molecular weight is 344 g/mol. The summed E-state index contributed by atoms with van der Waals surface area (Å²) in [6.45, 7) is 5.02. The van der Waals surface area contributed by atoms with Crippen LogP contribution in [0, 0.1) is 5.82 Å². The van der Waals surface area contributed by atoms with E-state index in [1.807, 2.05) is 38.1 Å². The molecule has 0 atom stereocenters. The first-order chi connectivity index (χ1) is 11.9. The number of hydrogen-bond acceptors (Lipinski definition) is 2. The van der Waals surface area contributed by atoms with Crippen molar-refractivity contribution in [1.82, 2.24) is 10.6 Å². The van der Waals surface area contributed by atoms with E-state index < -0.39 is 0 Å². The zero-order valence-corrected chi connectivity index (χ0v) is 14.9. The Labute approximate surface area is 148 Å². The smallest absolute Gasteiger partial charge is 0.314 e. The zero-order chi connectivity index (χ0) is 18.3. The molecule has 134 valence electrons. The van der Waals surface area contributed by atoms with Gasteiger partial charge in [-0.05, 0) is 41.8 Å². The SMILES string of the molecule is COc1cccc(CCNC(=O)NCC(C)(C)c2ccc(F)cc2)c1. The molecule has 0 fully saturated rings. The van der Waals surface area contributed by atoms with E-state index in [-0.39, 0.29) is 17.3 Å². The van der Waals surface area contributed by atoms with Gasteiger partial charge in [-0.2, -0.15) is 0 Å². The second-order valence-electron chi connectivity index (χ2n) is 6.60. The number of rotatable bonds is 7. The van der Waals surface area contributed by atoms with Gasteiger partial charge in [0.05, 0.1) is 7.11 Å². The van der Waals surface area contributed by atoms with Crippen LogP contribution in [0.1, 0.15) is 25.0 Å². The van der Waals surface area contributed by atoms with Crippen LogP contribution in [0.25, 0.3) is 0 Å². The third-order valence-electron chi connectivity index (χ3n) is 4.15. The van der Waals surface area contributed by atoms with Gasteiger partial charge in [-0.1, -0.05) is 38.1 Å². The highest BCUT2D eigenvalue weighted by Crippen LogP contribution is 2.22. The van der Waals surface area contributed by atoms with Crippen LogP contribution in [0.4, 0.5) is 9.18 Å². The molecule has 0 aromatic heterocycles. The number of carbonyl (C=O) groups is 1. The molecule has 0 aliphatic heterocycles. The Morgan fingerprint density at radius 3 is 2.52 bits per heavy atom. The van der Waals surface area contributed by atoms with Gasteiger partial charge < -0.3 is 15.4 Å². The molecule has 0 heterocycles. The lowest BCUT2D eigenvalue weighted by atomic mass is 9.84. The Bertz CT molecular complexity index is 699. The molecule has 2 amide bonds. The highest BCUT2D eigenvalue weighted by Gasteiger charge is 2.21. The van der Waals surface area contributed by atoms with Crippen molar-refractivity contribution in [1.29, 1.82) is 0 Å². The molecule has 5 heteroatoms. The predicted molar refractivity (Wildman–Crippen MR) is 97.5 cm³/mol. The fourth-order valence-electron chi connectivity index (χ4n) is 2.52. The molecule has 0 aliphatic rings. The number of carbonyl (C=O) groups excluding carboxylic acids is 1. The summed E-state index contributed by atoms with van der Waals surface area (Å²) < 4.78 is 18.2. The largest absolute Gasteiger partial charge is 0.497 e. The average Bonchev–Trinajstić information content (AvgIpc) is 2.61. The van der Waals surface area contributed by atoms with Gasteiger partial charge in [0.15, 0.2) is 0 Å². The number of halogens is 1. The molecule has 4 nitrogen and oxygen atoms in total. The van der Waals surface area contributed by atoms with Crippen molar-refractivity contribution in [2.24, 2.45) is 0 Å². The Balaban J connectivity index is 1.77. The summed E-state index contributed by atoms with van der Waals surface area (Å²) in [6, 6.07) is 13.9. The summed E-state index contributed by atoms with van der Waals surface area (Å²) in [5, 5.41) is 5.73. The Morgan fingerprint density at radius 1 is 1.12 bits per heavy atom. The number of amides is 2. The molecular weight excluding hydrogens is 319 g/mol. The summed E-state index contributed by atoms with van der Waals surface area (Å²) in [4.78, 5) is 12.0. The van der Waals surface area contributed by atoms with Gasteiger partial charge in [0, 0.05) is 18.5 Å². The molecule has 0 saturated heterocycles. The maximum Gasteiger partial charge on any atom is 0.314 e. The van der Waals surface area contributed by atoms with E-state index in [1.165, 1.54) is 12.1 Å².